The second-order valence-corrected chi connectivity index (χ2v) is 8.90. The lowest BCUT2D eigenvalue weighted by Crippen LogP contribution is -2.32. The number of amides is 1. The van der Waals surface area contributed by atoms with Gasteiger partial charge in [0.1, 0.15) is 4.88 Å². The van der Waals surface area contributed by atoms with Crippen LogP contribution in [0.2, 0.25) is 0 Å². The minimum atomic E-state index is -0.937. The molecule has 6 heteroatoms. The molecule has 1 fully saturated rings. The number of aromatic carboxylic acids is 1. The van der Waals surface area contributed by atoms with Gasteiger partial charge in [-0.3, -0.25) is 4.79 Å². The molecule has 1 amide bonds. The van der Waals surface area contributed by atoms with E-state index >= 15 is 0 Å². The van der Waals surface area contributed by atoms with Crippen LogP contribution in [0.25, 0.3) is 6.08 Å². The Morgan fingerprint density at radius 2 is 2.06 bits per heavy atom. The SMILES string of the molecule is CC(CC#Cc1ccccc1)[C@H](O)/C=C/C1CCC(=O)N1C/C=C\c1ccc(C(=O)O)s1. The number of likely N-dealkylation sites (tertiary alicyclic amines) is 1. The summed E-state index contributed by atoms with van der Waals surface area (Å²) in [5.74, 6) is 5.36. The lowest BCUT2D eigenvalue weighted by atomic mass is 9.99. The van der Waals surface area contributed by atoms with E-state index in [1.54, 1.807) is 23.1 Å². The number of hydrogen-bond donors (Lipinski definition) is 2. The Hall–Kier alpha value is -3.14. The molecule has 0 spiro atoms. The zero-order valence-electron chi connectivity index (χ0n) is 18.0. The highest BCUT2D eigenvalue weighted by atomic mass is 32.1. The van der Waals surface area contributed by atoms with Crippen LogP contribution in [0.1, 0.15) is 46.3 Å². The zero-order valence-corrected chi connectivity index (χ0v) is 18.8. The van der Waals surface area contributed by atoms with Crippen molar-refractivity contribution in [3.8, 4) is 11.8 Å². The molecule has 166 valence electrons. The monoisotopic (exact) mass is 449 g/mol. The lowest BCUT2D eigenvalue weighted by Gasteiger charge is -2.21. The van der Waals surface area contributed by atoms with E-state index < -0.39 is 12.1 Å². The van der Waals surface area contributed by atoms with Crippen molar-refractivity contribution in [3.05, 3.63) is 76.0 Å². The molecule has 1 saturated heterocycles. The number of thiophene rings is 1. The van der Waals surface area contributed by atoms with Gasteiger partial charge in [0.05, 0.1) is 12.1 Å². The number of benzene rings is 1. The molecule has 2 heterocycles. The molecule has 32 heavy (non-hydrogen) atoms. The number of carboxylic acids is 1. The number of hydrogen-bond acceptors (Lipinski definition) is 4. The second-order valence-electron chi connectivity index (χ2n) is 7.79. The van der Waals surface area contributed by atoms with Crippen LogP contribution in [0.4, 0.5) is 0 Å². The van der Waals surface area contributed by atoms with E-state index in [0.29, 0.717) is 24.3 Å². The van der Waals surface area contributed by atoms with Crippen LogP contribution in [-0.4, -0.2) is 45.7 Å². The highest BCUT2D eigenvalue weighted by Crippen LogP contribution is 2.22. The summed E-state index contributed by atoms with van der Waals surface area (Å²) in [5.41, 5.74) is 0.958. The van der Waals surface area contributed by atoms with Crippen LogP contribution < -0.4 is 0 Å². The van der Waals surface area contributed by atoms with E-state index in [1.165, 1.54) is 11.3 Å². The maximum Gasteiger partial charge on any atom is 0.345 e. The van der Waals surface area contributed by atoms with Crippen LogP contribution >= 0.6 is 11.3 Å². The average molecular weight is 450 g/mol. The molecule has 0 bridgehead atoms. The first-order valence-corrected chi connectivity index (χ1v) is 11.4. The minimum Gasteiger partial charge on any atom is -0.477 e. The van der Waals surface area contributed by atoms with Crippen molar-refractivity contribution in [1.29, 1.82) is 0 Å². The maximum absolute atomic E-state index is 12.3. The van der Waals surface area contributed by atoms with Gasteiger partial charge in [0.25, 0.3) is 0 Å². The lowest BCUT2D eigenvalue weighted by molar-refractivity contribution is -0.127. The van der Waals surface area contributed by atoms with Crippen molar-refractivity contribution in [2.75, 3.05) is 6.54 Å². The van der Waals surface area contributed by atoms with Crippen molar-refractivity contribution in [3.63, 3.8) is 0 Å². The quantitative estimate of drug-likeness (QED) is 0.461. The Bertz CT molecular complexity index is 1040. The molecule has 1 aliphatic rings. The summed E-state index contributed by atoms with van der Waals surface area (Å²) in [6.45, 7) is 2.41. The maximum atomic E-state index is 12.3. The van der Waals surface area contributed by atoms with Crippen LogP contribution in [0.15, 0.2) is 60.7 Å². The number of carboxylic acid groups (broad SMARTS) is 1. The minimum absolute atomic E-state index is 0.0184. The summed E-state index contributed by atoms with van der Waals surface area (Å²) in [7, 11) is 0. The third-order valence-electron chi connectivity index (χ3n) is 5.34. The predicted molar refractivity (Wildman–Crippen MR) is 127 cm³/mol. The molecule has 0 aliphatic carbocycles. The van der Waals surface area contributed by atoms with Crippen LogP contribution in [0.5, 0.6) is 0 Å². The normalized spacial score (nSPS) is 18.1. The molecular formula is C26H27NO4S. The van der Waals surface area contributed by atoms with Gasteiger partial charge >= 0.3 is 5.97 Å². The van der Waals surface area contributed by atoms with Crippen molar-refractivity contribution < 1.29 is 19.8 Å². The van der Waals surface area contributed by atoms with E-state index in [2.05, 4.69) is 11.8 Å². The van der Waals surface area contributed by atoms with Gasteiger partial charge in [0.2, 0.25) is 5.91 Å². The summed E-state index contributed by atoms with van der Waals surface area (Å²) in [5, 5.41) is 19.5. The van der Waals surface area contributed by atoms with Gasteiger partial charge in [-0.1, -0.05) is 55.2 Å². The van der Waals surface area contributed by atoms with Gasteiger partial charge in [-0.05, 0) is 42.7 Å². The fourth-order valence-electron chi connectivity index (χ4n) is 3.42. The second kappa shape index (κ2) is 11.5. The average Bonchev–Trinajstić information content (AvgIpc) is 3.40. The number of nitrogens with zero attached hydrogens (tertiary/aromatic N) is 1. The van der Waals surface area contributed by atoms with Crippen molar-refractivity contribution >= 4 is 29.3 Å². The van der Waals surface area contributed by atoms with Gasteiger partial charge < -0.3 is 15.1 Å². The zero-order chi connectivity index (χ0) is 22.9. The third-order valence-corrected chi connectivity index (χ3v) is 6.38. The number of carbonyl (C=O) groups excluding carboxylic acids is 1. The van der Waals surface area contributed by atoms with E-state index in [9.17, 15) is 14.7 Å². The summed E-state index contributed by atoms with van der Waals surface area (Å²) in [4.78, 5) is 26.2. The van der Waals surface area contributed by atoms with E-state index in [0.717, 1.165) is 16.9 Å². The molecule has 3 rings (SSSR count). The number of carbonyl (C=O) groups is 2. The molecule has 0 radical (unpaired) electrons. The predicted octanol–water partition coefficient (Wildman–Crippen LogP) is 4.45. The van der Waals surface area contributed by atoms with E-state index in [4.69, 9.17) is 5.11 Å². The first kappa shape index (κ1) is 23.5. The smallest absolute Gasteiger partial charge is 0.345 e. The van der Waals surface area contributed by atoms with Gasteiger partial charge in [-0.2, -0.15) is 0 Å². The first-order valence-electron chi connectivity index (χ1n) is 10.6. The number of aliphatic hydroxyl groups excluding tert-OH is 1. The van der Waals surface area contributed by atoms with Crippen LogP contribution in [-0.2, 0) is 4.79 Å². The highest BCUT2D eigenvalue weighted by Gasteiger charge is 2.28. The Morgan fingerprint density at radius 3 is 2.78 bits per heavy atom. The van der Waals surface area contributed by atoms with Gasteiger partial charge in [-0.25, -0.2) is 4.79 Å². The van der Waals surface area contributed by atoms with Gasteiger partial charge in [0.15, 0.2) is 0 Å². The third kappa shape index (κ3) is 6.68. The van der Waals surface area contributed by atoms with Crippen LogP contribution in [0.3, 0.4) is 0 Å². The summed E-state index contributed by atoms with van der Waals surface area (Å²) in [6, 6.07) is 13.0. The Balaban J connectivity index is 1.52. The van der Waals surface area contributed by atoms with Crippen LogP contribution in [0, 0.1) is 17.8 Å². The topological polar surface area (TPSA) is 77.8 Å². The van der Waals surface area contributed by atoms with E-state index in [-0.39, 0.29) is 17.9 Å². The molecule has 5 nitrogen and oxygen atoms in total. The number of rotatable bonds is 8. The van der Waals surface area contributed by atoms with Gasteiger partial charge in [0, 0.05) is 29.8 Å². The van der Waals surface area contributed by atoms with Crippen molar-refractivity contribution in [2.45, 2.75) is 38.3 Å². The molecule has 2 N–H and O–H groups in total. The fourth-order valence-corrected chi connectivity index (χ4v) is 4.20. The molecule has 2 unspecified atom stereocenters. The summed E-state index contributed by atoms with van der Waals surface area (Å²) < 4.78 is 0. The first-order chi connectivity index (χ1) is 15.4. The molecule has 2 aromatic rings. The molecule has 1 aromatic heterocycles. The fraction of sp³-hybridized carbons (Fsp3) is 0.308. The summed E-state index contributed by atoms with van der Waals surface area (Å²) in [6.07, 6.45) is 8.56. The van der Waals surface area contributed by atoms with Gasteiger partial charge in [-0.15, -0.1) is 11.3 Å². The standard InChI is InChI=1S/C26H27NO4S/c1-19(7-5-10-20-8-3-2-4-9-20)23(28)15-12-21-13-17-25(29)27(21)18-6-11-22-14-16-24(32-22)26(30)31/h2-4,6,8-9,11-12,14-16,19,21,23,28H,7,13,17-18H2,1H3,(H,30,31)/b11-6-,15-12+/t19?,21?,23-/m1/s1. The highest BCUT2D eigenvalue weighted by molar-refractivity contribution is 7.14. The molecule has 1 aliphatic heterocycles. The number of aliphatic hydroxyl groups is 1. The molecule has 3 atom stereocenters. The Kier molecular flexibility index (Phi) is 8.43. The Labute approximate surface area is 192 Å². The molecule has 1 aromatic carbocycles. The van der Waals surface area contributed by atoms with Crippen molar-refractivity contribution in [1.82, 2.24) is 4.90 Å². The van der Waals surface area contributed by atoms with Crippen molar-refractivity contribution in [2.24, 2.45) is 5.92 Å². The Morgan fingerprint density at radius 1 is 1.28 bits per heavy atom. The molecule has 0 saturated carbocycles. The molecular weight excluding hydrogens is 422 g/mol. The largest absolute Gasteiger partial charge is 0.477 e. The van der Waals surface area contributed by atoms with E-state index in [1.807, 2.05) is 55.5 Å². The summed E-state index contributed by atoms with van der Waals surface area (Å²) >= 11 is 1.20.